The van der Waals surface area contributed by atoms with Crippen molar-refractivity contribution in [3.8, 4) is 0 Å². The van der Waals surface area contributed by atoms with Crippen molar-refractivity contribution in [3.63, 3.8) is 0 Å². The van der Waals surface area contributed by atoms with E-state index in [9.17, 15) is 19.8 Å². The fourth-order valence-electron chi connectivity index (χ4n) is 5.21. The van der Waals surface area contributed by atoms with Gasteiger partial charge in [0.2, 0.25) is 5.91 Å². The molecule has 3 N–H and O–H groups in total. The summed E-state index contributed by atoms with van der Waals surface area (Å²) in [6.45, 7) is 5.48. The Labute approximate surface area is 225 Å². The number of amides is 1. The molecular formula is C25H34Cl2N2O6S. The van der Waals surface area contributed by atoms with Gasteiger partial charge in [0.05, 0.1) is 53.5 Å². The number of Topliss-reactive ketones (excluding diaryl/α,β-unsaturated/α-hetero) is 1. The molecule has 4 rings (SSSR count). The Morgan fingerprint density at radius 3 is 2.61 bits per heavy atom. The fraction of sp³-hybridized carbons (Fsp3) is 0.720. The number of ether oxygens (including phenoxy) is 2. The fourth-order valence-corrected chi connectivity index (χ4v) is 6.31. The number of carbonyl (C=O) groups excluding carboxylic acids is 2. The number of aliphatic hydroxyl groups excluding tert-OH is 2. The predicted octanol–water partition coefficient (Wildman–Crippen LogP) is 3.54. The summed E-state index contributed by atoms with van der Waals surface area (Å²) in [5.41, 5.74) is -0.362. The molecule has 11 heteroatoms. The van der Waals surface area contributed by atoms with Crippen molar-refractivity contribution < 1.29 is 29.3 Å². The quantitative estimate of drug-likeness (QED) is 0.373. The summed E-state index contributed by atoms with van der Waals surface area (Å²) in [4.78, 5) is 30.9. The Morgan fingerprint density at radius 2 is 2.00 bits per heavy atom. The van der Waals surface area contributed by atoms with Crippen LogP contribution in [0.15, 0.2) is 10.4 Å². The van der Waals surface area contributed by atoms with Crippen molar-refractivity contribution in [3.05, 3.63) is 21.1 Å². The largest absolute Gasteiger partial charge is 0.392 e. The van der Waals surface area contributed by atoms with Crippen LogP contribution in [-0.4, -0.2) is 69.0 Å². The minimum atomic E-state index is -1.17. The lowest BCUT2D eigenvalue weighted by atomic mass is 9.59. The first-order valence-electron chi connectivity index (χ1n) is 12.4. The zero-order valence-electron chi connectivity index (χ0n) is 20.7. The van der Waals surface area contributed by atoms with Gasteiger partial charge in [-0.1, -0.05) is 36.5 Å². The number of halogens is 2. The average molecular weight is 562 g/mol. The number of thiazole rings is 1. The molecule has 1 aromatic rings. The van der Waals surface area contributed by atoms with Crippen LogP contribution in [0.5, 0.6) is 0 Å². The number of hydrogen-bond acceptors (Lipinski definition) is 8. The van der Waals surface area contributed by atoms with Crippen LogP contribution in [-0.2, 0) is 19.1 Å². The van der Waals surface area contributed by atoms with Crippen LogP contribution in [0, 0.1) is 18.3 Å². The molecule has 1 amide bonds. The van der Waals surface area contributed by atoms with Gasteiger partial charge in [-0.2, -0.15) is 0 Å². The number of alkyl halides is 1. The summed E-state index contributed by atoms with van der Waals surface area (Å²) in [5, 5.41) is 26.9. The highest BCUT2D eigenvalue weighted by molar-refractivity contribution is 7.09. The van der Waals surface area contributed by atoms with Crippen molar-refractivity contribution in [2.24, 2.45) is 11.3 Å². The molecule has 0 aromatic carbocycles. The van der Waals surface area contributed by atoms with Crippen LogP contribution in [0.1, 0.15) is 63.1 Å². The molecule has 0 unspecified atom stereocenters. The zero-order chi connectivity index (χ0) is 26.3. The molecule has 1 spiro atoms. The van der Waals surface area contributed by atoms with Crippen LogP contribution in [0.2, 0.25) is 0 Å². The third-order valence-electron chi connectivity index (χ3n) is 7.79. The van der Waals surface area contributed by atoms with Crippen LogP contribution < -0.4 is 5.32 Å². The third kappa shape index (κ3) is 5.82. The molecule has 200 valence electrons. The van der Waals surface area contributed by atoms with Gasteiger partial charge in [-0.15, -0.1) is 11.3 Å². The SMILES string of the molecule is Cc1nc(C=C(Cl)[C@@H]2C[C@@H]3O[C@]3(Cl)CCO[C@@H](C)[C@@H](O)[C@@H](C)C(=O)C3(CCC3)[C@@H](O)CC(=O)N2)cs1. The molecule has 2 saturated heterocycles. The minimum absolute atomic E-state index is 0.228. The number of fused-ring (bicyclic) bond motifs is 1. The van der Waals surface area contributed by atoms with Crippen molar-refractivity contribution in [1.29, 1.82) is 0 Å². The van der Waals surface area contributed by atoms with Gasteiger partial charge in [0.1, 0.15) is 11.9 Å². The molecule has 3 heterocycles. The van der Waals surface area contributed by atoms with Gasteiger partial charge >= 0.3 is 0 Å². The Hall–Kier alpha value is -1.07. The normalized spacial score (nSPS) is 38.2. The summed E-state index contributed by atoms with van der Waals surface area (Å²) in [6, 6.07) is -0.611. The number of aryl methyl sites for hydroxylation is 1. The zero-order valence-corrected chi connectivity index (χ0v) is 23.0. The maximum atomic E-state index is 13.4. The molecule has 1 saturated carbocycles. The Bertz CT molecular complexity index is 1010. The number of carbonyl (C=O) groups is 2. The van der Waals surface area contributed by atoms with Gasteiger partial charge < -0.3 is 25.0 Å². The van der Waals surface area contributed by atoms with E-state index in [1.54, 1.807) is 19.9 Å². The number of aliphatic hydroxyl groups is 2. The van der Waals surface area contributed by atoms with Gasteiger partial charge in [0.15, 0.2) is 5.06 Å². The average Bonchev–Trinajstić information content (AvgIpc) is 3.22. The summed E-state index contributed by atoms with van der Waals surface area (Å²) in [5.74, 6) is -1.42. The topological polar surface area (TPSA) is 121 Å². The van der Waals surface area contributed by atoms with E-state index < -0.39 is 46.7 Å². The summed E-state index contributed by atoms with van der Waals surface area (Å²) in [6.07, 6.45) is 0.665. The van der Waals surface area contributed by atoms with Gasteiger partial charge in [0.25, 0.3) is 0 Å². The highest BCUT2D eigenvalue weighted by Gasteiger charge is 2.56. The van der Waals surface area contributed by atoms with E-state index in [1.807, 2.05) is 12.3 Å². The number of nitrogens with one attached hydrogen (secondary N) is 1. The second-order valence-corrected chi connectivity index (χ2v) is 12.4. The highest BCUT2D eigenvalue weighted by atomic mass is 35.5. The molecule has 1 aliphatic carbocycles. The molecule has 3 fully saturated rings. The lowest BCUT2D eigenvalue weighted by molar-refractivity contribution is -0.157. The van der Waals surface area contributed by atoms with E-state index in [2.05, 4.69) is 10.3 Å². The third-order valence-corrected chi connectivity index (χ3v) is 9.47. The number of aromatic nitrogens is 1. The molecular weight excluding hydrogens is 527 g/mol. The molecule has 7 atom stereocenters. The van der Waals surface area contributed by atoms with E-state index >= 15 is 0 Å². The van der Waals surface area contributed by atoms with Crippen molar-refractivity contribution in [1.82, 2.24) is 10.3 Å². The second-order valence-electron chi connectivity index (χ2n) is 10.3. The highest BCUT2D eigenvalue weighted by Crippen LogP contribution is 2.49. The number of rotatable bonds is 2. The molecule has 1 aromatic heterocycles. The summed E-state index contributed by atoms with van der Waals surface area (Å²) < 4.78 is 11.6. The van der Waals surface area contributed by atoms with Crippen molar-refractivity contribution in [2.45, 2.75) is 94.8 Å². The van der Waals surface area contributed by atoms with Gasteiger partial charge in [-0.25, -0.2) is 4.98 Å². The van der Waals surface area contributed by atoms with E-state index in [0.717, 1.165) is 11.4 Å². The summed E-state index contributed by atoms with van der Waals surface area (Å²) >= 11 is 14.8. The van der Waals surface area contributed by atoms with Crippen LogP contribution >= 0.6 is 34.5 Å². The van der Waals surface area contributed by atoms with E-state index in [4.69, 9.17) is 32.7 Å². The van der Waals surface area contributed by atoms with Gasteiger partial charge in [-0.05, 0) is 32.8 Å². The Kier molecular flexibility index (Phi) is 8.51. The molecule has 3 aliphatic rings. The maximum absolute atomic E-state index is 13.4. The lowest BCUT2D eigenvalue weighted by Gasteiger charge is -2.46. The monoisotopic (exact) mass is 560 g/mol. The van der Waals surface area contributed by atoms with E-state index in [0.29, 0.717) is 36.4 Å². The van der Waals surface area contributed by atoms with Crippen LogP contribution in [0.25, 0.3) is 6.08 Å². The second kappa shape index (κ2) is 11.0. The number of hydrogen-bond donors (Lipinski definition) is 3. The maximum Gasteiger partial charge on any atom is 0.223 e. The minimum Gasteiger partial charge on any atom is -0.392 e. The smallest absolute Gasteiger partial charge is 0.223 e. The van der Waals surface area contributed by atoms with Gasteiger partial charge in [-0.3, -0.25) is 9.59 Å². The molecule has 8 nitrogen and oxygen atoms in total. The molecule has 0 radical (unpaired) electrons. The number of ketones is 1. The first kappa shape index (κ1) is 28.0. The first-order valence-corrected chi connectivity index (χ1v) is 14.1. The summed E-state index contributed by atoms with van der Waals surface area (Å²) in [7, 11) is 0. The lowest BCUT2D eigenvalue weighted by Crippen LogP contribution is -2.54. The van der Waals surface area contributed by atoms with E-state index in [-0.39, 0.29) is 24.9 Å². The van der Waals surface area contributed by atoms with Crippen LogP contribution in [0.3, 0.4) is 0 Å². The first-order chi connectivity index (χ1) is 16.9. The molecule has 36 heavy (non-hydrogen) atoms. The predicted molar refractivity (Wildman–Crippen MR) is 138 cm³/mol. The van der Waals surface area contributed by atoms with Crippen molar-refractivity contribution >= 4 is 52.3 Å². The van der Waals surface area contributed by atoms with Crippen molar-refractivity contribution in [2.75, 3.05) is 6.61 Å². The van der Waals surface area contributed by atoms with Gasteiger partial charge in [0, 0.05) is 29.2 Å². The van der Waals surface area contributed by atoms with Crippen LogP contribution in [0.4, 0.5) is 0 Å². The van der Waals surface area contributed by atoms with E-state index in [1.165, 1.54) is 11.3 Å². The Morgan fingerprint density at radius 1 is 1.28 bits per heavy atom. The number of epoxide rings is 1. The number of nitrogens with zero attached hydrogens (tertiary/aromatic N) is 1. The molecule has 2 aliphatic heterocycles. The Balaban J connectivity index is 1.58. The molecule has 0 bridgehead atoms. The standard InChI is InChI=1S/C25H34Cl2N2O6S/c1-13-22(32)14(2)34-8-7-25(27)20(35-25)10-18(17(26)9-16-12-36-15(3)28-16)29-21(31)11-19(30)24(23(13)33)5-4-6-24/h9,12-14,18-20,22,30,32H,4-8,10-11H2,1-3H3,(H,29,31)/t13-,14+,18+,19+,20+,22+,25-/m1/s1.